The zero-order valence-electron chi connectivity index (χ0n) is 6.14. The van der Waals surface area contributed by atoms with Crippen molar-refractivity contribution in [3.05, 3.63) is 28.0 Å². The van der Waals surface area contributed by atoms with Gasteiger partial charge in [-0.25, -0.2) is 4.39 Å². The fourth-order valence-electron chi connectivity index (χ4n) is 1.13. The van der Waals surface area contributed by atoms with Crippen LogP contribution < -0.4 is 4.74 Å². The first-order chi connectivity index (χ1) is 5.77. The molecule has 1 aromatic carbocycles. The quantitative estimate of drug-likeness (QED) is 0.685. The second-order valence-electron chi connectivity index (χ2n) is 2.49. The zero-order valence-corrected chi connectivity index (χ0v) is 7.73. The van der Waals surface area contributed by atoms with Gasteiger partial charge in [-0.3, -0.25) is 0 Å². The highest BCUT2D eigenvalue weighted by Crippen LogP contribution is 2.32. The van der Waals surface area contributed by atoms with Gasteiger partial charge in [0.25, 0.3) is 0 Å². The van der Waals surface area contributed by atoms with Crippen LogP contribution in [0.1, 0.15) is 5.56 Å². The van der Waals surface area contributed by atoms with Crippen LogP contribution in [0.3, 0.4) is 0 Å². The van der Waals surface area contributed by atoms with Crippen LogP contribution in [0.2, 0.25) is 0 Å². The van der Waals surface area contributed by atoms with Gasteiger partial charge in [-0.2, -0.15) is 0 Å². The fraction of sp³-hybridized carbons (Fsp3) is 0.250. The molecule has 0 amide bonds. The van der Waals surface area contributed by atoms with Crippen molar-refractivity contribution >= 4 is 15.9 Å². The summed E-state index contributed by atoms with van der Waals surface area (Å²) in [5.74, 6) is 0.400. The van der Waals surface area contributed by atoms with E-state index in [0.717, 1.165) is 5.56 Å². The van der Waals surface area contributed by atoms with Crippen molar-refractivity contribution < 1.29 is 13.9 Å². The number of rotatable bonds is 0. The van der Waals surface area contributed by atoms with E-state index >= 15 is 0 Å². The van der Waals surface area contributed by atoms with Crippen molar-refractivity contribution in [2.24, 2.45) is 0 Å². The van der Waals surface area contributed by atoms with Gasteiger partial charge in [0.2, 0.25) is 0 Å². The summed E-state index contributed by atoms with van der Waals surface area (Å²) >= 11 is 3.21. The Bertz CT molecular complexity index is 314. The van der Waals surface area contributed by atoms with Crippen LogP contribution in [0.15, 0.2) is 16.6 Å². The van der Waals surface area contributed by atoms with Crippen LogP contribution in [-0.2, 0) is 11.3 Å². The third-order valence-electron chi connectivity index (χ3n) is 1.63. The minimum atomic E-state index is -0.283. The fourth-order valence-corrected chi connectivity index (χ4v) is 1.72. The van der Waals surface area contributed by atoms with Crippen molar-refractivity contribution in [3.63, 3.8) is 0 Å². The molecule has 1 aliphatic heterocycles. The van der Waals surface area contributed by atoms with Gasteiger partial charge >= 0.3 is 0 Å². The van der Waals surface area contributed by atoms with E-state index in [2.05, 4.69) is 15.9 Å². The lowest BCUT2D eigenvalue weighted by atomic mass is 10.2. The predicted octanol–water partition coefficient (Wildman–Crippen LogP) is 2.45. The average Bonchev–Trinajstić information content (AvgIpc) is 2.04. The standard InChI is InChI=1S/C8H6BrFO2/c9-7-2-6(10)1-5-3-11-4-12-8(5)7/h1-2H,3-4H2. The summed E-state index contributed by atoms with van der Waals surface area (Å²) in [6, 6.07) is 2.80. The Kier molecular flexibility index (Phi) is 2.02. The first-order valence-corrected chi connectivity index (χ1v) is 4.25. The molecule has 12 heavy (non-hydrogen) atoms. The monoisotopic (exact) mass is 232 g/mol. The van der Waals surface area contributed by atoms with Gasteiger partial charge in [0.15, 0.2) is 6.79 Å². The lowest BCUT2D eigenvalue weighted by Crippen LogP contribution is -2.11. The molecule has 2 nitrogen and oxygen atoms in total. The molecule has 0 unspecified atom stereocenters. The van der Waals surface area contributed by atoms with E-state index in [1.54, 1.807) is 0 Å². The van der Waals surface area contributed by atoms with Crippen molar-refractivity contribution in [2.45, 2.75) is 6.61 Å². The van der Waals surface area contributed by atoms with Crippen molar-refractivity contribution in [1.82, 2.24) is 0 Å². The molecule has 0 radical (unpaired) electrons. The number of ether oxygens (including phenoxy) is 2. The molecule has 0 atom stereocenters. The molecule has 0 aliphatic carbocycles. The van der Waals surface area contributed by atoms with E-state index < -0.39 is 0 Å². The maximum absolute atomic E-state index is 12.8. The number of halogens is 2. The smallest absolute Gasteiger partial charge is 0.189 e. The third kappa shape index (κ3) is 1.32. The zero-order chi connectivity index (χ0) is 8.55. The molecule has 1 heterocycles. The third-order valence-corrected chi connectivity index (χ3v) is 2.22. The van der Waals surface area contributed by atoms with Gasteiger partial charge in [-0.15, -0.1) is 0 Å². The van der Waals surface area contributed by atoms with Crippen LogP contribution in [0, 0.1) is 5.82 Å². The molecule has 0 aromatic heterocycles. The Morgan fingerprint density at radius 2 is 2.25 bits per heavy atom. The summed E-state index contributed by atoms with van der Waals surface area (Å²) in [6.07, 6.45) is 0. The molecule has 0 spiro atoms. The van der Waals surface area contributed by atoms with E-state index in [1.165, 1.54) is 12.1 Å². The highest BCUT2D eigenvalue weighted by molar-refractivity contribution is 9.10. The lowest BCUT2D eigenvalue weighted by Gasteiger charge is -2.18. The first-order valence-electron chi connectivity index (χ1n) is 3.46. The maximum atomic E-state index is 12.8. The Balaban J connectivity index is 2.53. The largest absolute Gasteiger partial charge is 0.466 e. The molecule has 64 valence electrons. The maximum Gasteiger partial charge on any atom is 0.189 e. The molecule has 0 saturated carbocycles. The SMILES string of the molecule is Fc1cc(Br)c2c(c1)COCO2. The molecule has 1 aromatic rings. The molecular weight excluding hydrogens is 227 g/mol. The van der Waals surface area contributed by atoms with Crippen molar-refractivity contribution in [3.8, 4) is 5.75 Å². The van der Waals surface area contributed by atoms with Gasteiger partial charge < -0.3 is 9.47 Å². The molecule has 0 bridgehead atoms. The van der Waals surface area contributed by atoms with Crippen LogP contribution in [0.25, 0.3) is 0 Å². The van der Waals surface area contributed by atoms with Gasteiger partial charge in [0.05, 0.1) is 11.1 Å². The molecule has 2 rings (SSSR count). The van der Waals surface area contributed by atoms with Crippen LogP contribution in [0.5, 0.6) is 5.75 Å². The highest BCUT2D eigenvalue weighted by atomic mass is 79.9. The van der Waals surface area contributed by atoms with Gasteiger partial charge in [0, 0.05) is 5.56 Å². The van der Waals surface area contributed by atoms with E-state index in [4.69, 9.17) is 9.47 Å². The summed E-state index contributed by atoms with van der Waals surface area (Å²) in [7, 11) is 0. The number of fused-ring (bicyclic) bond motifs is 1. The van der Waals surface area contributed by atoms with Gasteiger partial charge in [0.1, 0.15) is 11.6 Å². The second kappa shape index (κ2) is 3.03. The summed E-state index contributed by atoms with van der Waals surface area (Å²) in [6.45, 7) is 0.642. The number of hydrogen-bond acceptors (Lipinski definition) is 2. The van der Waals surface area contributed by atoms with Crippen LogP contribution in [-0.4, -0.2) is 6.79 Å². The minimum Gasteiger partial charge on any atom is -0.466 e. The molecule has 0 saturated heterocycles. The van der Waals surface area contributed by atoms with Crippen LogP contribution in [0.4, 0.5) is 4.39 Å². The second-order valence-corrected chi connectivity index (χ2v) is 3.34. The molecular formula is C8H6BrFO2. The summed E-state index contributed by atoms with van der Waals surface area (Å²) < 4.78 is 23.6. The Morgan fingerprint density at radius 3 is 3.08 bits per heavy atom. The van der Waals surface area contributed by atoms with Crippen LogP contribution >= 0.6 is 15.9 Å². The van der Waals surface area contributed by atoms with E-state index in [9.17, 15) is 4.39 Å². The lowest BCUT2D eigenvalue weighted by molar-refractivity contribution is -0.0171. The summed E-state index contributed by atoms with van der Waals surface area (Å²) in [4.78, 5) is 0. The average molecular weight is 233 g/mol. The molecule has 0 fully saturated rings. The van der Waals surface area contributed by atoms with E-state index in [-0.39, 0.29) is 12.6 Å². The number of benzene rings is 1. The summed E-state index contributed by atoms with van der Waals surface area (Å²) in [5, 5.41) is 0. The normalized spacial score (nSPS) is 15.2. The first kappa shape index (κ1) is 8.01. The highest BCUT2D eigenvalue weighted by Gasteiger charge is 2.14. The molecule has 4 heteroatoms. The number of hydrogen-bond donors (Lipinski definition) is 0. The van der Waals surface area contributed by atoms with Crippen molar-refractivity contribution in [2.75, 3.05) is 6.79 Å². The van der Waals surface area contributed by atoms with E-state index in [1.807, 2.05) is 0 Å². The van der Waals surface area contributed by atoms with Crippen molar-refractivity contribution in [1.29, 1.82) is 0 Å². The van der Waals surface area contributed by atoms with Gasteiger partial charge in [-0.1, -0.05) is 0 Å². The Hall–Kier alpha value is -0.610. The van der Waals surface area contributed by atoms with E-state index in [0.29, 0.717) is 16.8 Å². The Labute approximate surface area is 77.4 Å². The minimum absolute atomic E-state index is 0.233. The summed E-state index contributed by atoms with van der Waals surface area (Å²) in [5.41, 5.74) is 0.744. The molecule has 0 N–H and O–H groups in total. The topological polar surface area (TPSA) is 18.5 Å². The predicted molar refractivity (Wildman–Crippen MR) is 44.4 cm³/mol. The Morgan fingerprint density at radius 1 is 1.42 bits per heavy atom. The van der Waals surface area contributed by atoms with Gasteiger partial charge in [-0.05, 0) is 28.1 Å². The molecule has 1 aliphatic rings.